The van der Waals surface area contributed by atoms with Crippen molar-refractivity contribution in [2.75, 3.05) is 20.1 Å². The van der Waals surface area contributed by atoms with Gasteiger partial charge in [-0.05, 0) is 47.7 Å². The van der Waals surface area contributed by atoms with E-state index in [2.05, 4.69) is 67.7 Å². The number of hydrogen-bond acceptors (Lipinski definition) is 3. The van der Waals surface area contributed by atoms with Crippen molar-refractivity contribution < 1.29 is 0 Å². The molecule has 0 aromatic carbocycles. The topological polar surface area (TPSA) is 33.1 Å². The van der Waals surface area contributed by atoms with Crippen molar-refractivity contribution in [3.8, 4) is 0 Å². The molecular weight excluding hydrogens is 224 g/mol. The van der Waals surface area contributed by atoms with Crippen LogP contribution in [0.5, 0.6) is 0 Å². The van der Waals surface area contributed by atoms with Gasteiger partial charge >= 0.3 is 0 Å². The molecule has 0 unspecified atom stereocenters. The Hall–Kier alpha value is -0.870. The second-order valence-corrected chi connectivity index (χ2v) is 6.01. The number of likely N-dealkylation sites (N-methyl/N-ethyl adjacent to an activating group) is 1. The lowest BCUT2D eigenvalue weighted by Crippen LogP contribution is -2.40. The summed E-state index contributed by atoms with van der Waals surface area (Å²) >= 11 is 0. The molecule has 4 nitrogen and oxygen atoms in total. The van der Waals surface area contributed by atoms with Crippen LogP contribution in [0.25, 0.3) is 0 Å². The normalized spacial score (nSPS) is 12.4. The quantitative estimate of drug-likeness (QED) is 0.841. The van der Waals surface area contributed by atoms with Crippen molar-refractivity contribution in [2.24, 2.45) is 0 Å². The van der Waals surface area contributed by atoms with Crippen LogP contribution in [0, 0.1) is 6.92 Å². The molecule has 0 bridgehead atoms. The monoisotopic (exact) mass is 252 g/mol. The smallest absolute Gasteiger partial charge is 0.0597 e. The Morgan fingerprint density at radius 2 is 2.06 bits per heavy atom. The van der Waals surface area contributed by atoms with E-state index in [-0.39, 0.29) is 5.54 Å². The first-order valence-electron chi connectivity index (χ1n) is 6.78. The molecule has 0 amide bonds. The van der Waals surface area contributed by atoms with E-state index in [1.165, 1.54) is 5.69 Å². The van der Waals surface area contributed by atoms with Gasteiger partial charge in [0.25, 0.3) is 0 Å². The summed E-state index contributed by atoms with van der Waals surface area (Å²) in [5, 5.41) is 7.98. The van der Waals surface area contributed by atoms with Crippen molar-refractivity contribution in [3.05, 3.63) is 17.5 Å². The number of rotatable bonds is 6. The Kier molecular flexibility index (Phi) is 5.35. The summed E-state index contributed by atoms with van der Waals surface area (Å²) in [4.78, 5) is 2.33. The highest BCUT2D eigenvalue weighted by atomic mass is 15.3. The van der Waals surface area contributed by atoms with Gasteiger partial charge in [-0.1, -0.05) is 0 Å². The van der Waals surface area contributed by atoms with Gasteiger partial charge < -0.3 is 5.32 Å². The molecule has 4 heteroatoms. The van der Waals surface area contributed by atoms with Gasteiger partial charge in [-0.3, -0.25) is 9.58 Å². The van der Waals surface area contributed by atoms with Crippen LogP contribution in [-0.2, 0) is 13.1 Å². The van der Waals surface area contributed by atoms with Crippen molar-refractivity contribution in [1.29, 1.82) is 0 Å². The Morgan fingerprint density at radius 3 is 2.61 bits per heavy atom. The molecular formula is C14H28N4. The van der Waals surface area contributed by atoms with Crippen LogP contribution in [0.15, 0.2) is 6.07 Å². The summed E-state index contributed by atoms with van der Waals surface area (Å²) in [5.41, 5.74) is 2.60. The minimum absolute atomic E-state index is 0.197. The predicted octanol–water partition coefficient (Wildman–Crippen LogP) is 2.03. The number of aromatic nitrogens is 2. The van der Waals surface area contributed by atoms with Crippen molar-refractivity contribution in [1.82, 2.24) is 20.0 Å². The fourth-order valence-corrected chi connectivity index (χ4v) is 1.98. The first-order chi connectivity index (χ1) is 8.31. The molecule has 0 radical (unpaired) electrons. The molecule has 1 N–H and O–H groups in total. The Balaban J connectivity index is 2.42. The molecule has 0 aliphatic rings. The second kappa shape index (κ2) is 6.34. The number of hydrogen-bond donors (Lipinski definition) is 1. The standard InChI is InChI=1S/C14H28N4/c1-7-18-13(10-12(2)16-18)11-17(6)9-8-15-14(3,4)5/h10,15H,7-9,11H2,1-6H3. The molecule has 1 heterocycles. The van der Waals surface area contributed by atoms with Gasteiger partial charge in [0.05, 0.1) is 11.4 Å². The fraction of sp³-hybridized carbons (Fsp3) is 0.786. The Labute approximate surface area is 111 Å². The van der Waals surface area contributed by atoms with Crippen LogP contribution in [0.4, 0.5) is 0 Å². The van der Waals surface area contributed by atoms with Crippen LogP contribution < -0.4 is 5.32 Å². The summed E-state index contributed by atoms with van der Waals surface area (Å²) in [5.74, 6) is 0. The van der Waals surface area contributed by atoms with Gasteiger partial charge in [-0.25, -0.2) is 0 Å². The van der Waals surface area contributed by atoms with E-state index < -0.39 is 0 Å². The molecule has 0 saturated carbocycles. The molecule has 0 atom stereocenters. The maximum atomic E-state index is 4.48. The van der Waals surface area contributed by atoms with E-state index in [0.29, 0.717) is 0 Å². The van der Waals surface area contributed by atoms with Gasteiger partial charge in [0.15, 0.2) is 0 Å². The maximum Gasteiger partial charge on any atom is 0.0597 e. The van der Waals surface area contributed by atoms with Gasteiger partial charge in [0, 0.05) is 31.7 Å². The van der Waals surface area contributed by atoms with E-state index in [9.17, 15) is 0 Å². The molecule has 0 fully saturated rings. The zero-order valence-corrected chi connectivity index (χ0v) is 12.7. The average Bonchev–Trinajstić information content (AvgIpc) is 2.56. The molecule has 0 aliphatic carbocycles. The average molecular weight is 252 g/mol. The molecule has 1 aromatic rings. The third-order valence-corrected chi connectivity index (χ3v) is 2.87. The highest BCUT2D eigenvalue weighted by Crippen LogP contribution is 2.06. The lowest BCUT2D eigenvalue weighted by molar-refractivity contribution is 0.295. The largest absolute Gasteiger partial charge is 0.311 e. The summed E-state index contributed by atoms with van der Waals surface area (Å²) in [6.45, 7) is 14.7. The molecule has 0 spiro atoms. The summed E-state index contributed by atoms with van der Waals surface area (Å²) in [7, 11) is 2.16. The van der Waals surface area contributed by atoms with E-state index >= 15 is 0 Å². The molecule has 1 aromatic heterocycles. The molecule has 0 aliphatic heterocycles. The summed E-state index contributed by atoms with van der Waals surface area (Å²) < 4.78 is 2.09. The van der Waals surface area contributed by atoms with Crippen LogP contribution in [-0.4, -0.2) is 40.4 Å². The van der Waals surface area contributed by atoms with Gasteiger partial charge in [-0.15, -0.1) is 0 Å². The highest BCUT2D eigenvalue weighted by Gasteiger charge is 2.10. The lowest BCUT2D eigenvalue weighted by atomic mass is 10.1. The van der Waals surface area contributed by atoms with E-state index in [4.69, 9.17) is 0 Å². The van der Waals surface area contributed by atoms with Crippen LogP contribution >= 0.6 is 0 Å². The fourth-order valence-electron chi connectivity index (χ4n) is 1.98. The second-order valence-electron chi connectivity index (χ2n) is 6.01. The van der Waals surface area contributed by atoms with Gasteiger partial charge in [0.2, 0.25) is 0 Å². The highest BCUT2D eigenvalue weighted by molar-refractivity contribution is 5.08. The van der Waals surface area contributed by atoms with E-state index in [1.54, 1.807) is 0 Å². The van der Waals surface area contributed by atoms with Crippen molar-refractivity contribution in [2.45, 2.75) is 53.2 Å². The Bertz CT molecular complexity index is 362. The SMILES string of the molecule is CCn1nc(C)cc1CN(C)CCNC(C)(C)C. The molecule has 104 valence electrons. The summed E-state index contributed by atoms with van der Waals surface area (Å²) in [6.07, 6.45) is 0. The first kappa shape index (κ1) is 15.2. The summed E-state index contributed by atoms with van der Waals surface area (Å²) in [6, 6.07) is 2.18. The molecule has 18 heavy (non-hydrogen) atoms. The number of aryl methyl sites for hydroxylation is 2. The third kappa shape index (κ3) is 5.19. The molecule has 1 rings (SSSR count). The zero-order chi connectivity index (χ0) is 13.8. The number of nitrogens with zero attached hydrogens (tertiary/aromatic N) is 3. The minimum Gasteiger partial charge on any atom is -0.311 e. The van der Waals surface area contributed by atoms with Crippen LogP contribution in [0.3, 0.4) is 0 Å². The first-order valence-corrected chi connectivity index (χ1v) is 6.78. The molecule has 0 saturated heterocycles. The van der Waals surface area contributed by atoms with Crippen LogP contribution in [0.2, 0.25) is 0 Å². The van der Waals surface area contributed by atoms with Gasteiger partial charge in [-0.2, -0.15) is 5.10 Å². The minimum atomic E-state index is 0.197. The lowest BCUT2D eigenvalue weighted by Gasteiger charge is -2.23. The van der Waals surface area contributed by atoms with Crippen molar-refractivity contribution in [3.63, 3.8) is 0 Å². The third-order valence-electron chi connectivity index (χ3n) is 2.87. The van der Waals surface area contributed by atoms with Crippen LogP contribution in [0.1, 0.15) is 39.1 Å². The predicted molar refractivity (Wildman–Crippen MR) is 76.7 cm³/mol. The zero-order valence-electron chi connectivity index (χ0n) is 12.7. The number of nitrogens with one attached hydrogen (secondary N) is 1. The Morgan fingerprint density at radius 1 is 1.39 bits per heavy atom. The van der Waals surface area contributed by atoms with E-state index in [0.717, 1.165) is 31.9 Å². The van der Waals surface area contributed by atoms with Gasteiger partial charge in [0.1, 0.15) is 0 Å². The van der Waals surface area contributed by atoms with Crippen molar-refractivity contribution >= 4 is 0 Å². The maximum absolute atomic E-state index is 4.48. The van der Waals surface area contributed by atoms with E-state index in [1.807, 2.05) is 0 Å².